The number of hydrogen-bond donors (Lipinski definition) is 2. The normalized spacial score (nSPS) is 22.7. The molecule has 11 heteroatoms. The van der Waals surface area contributed by atoms with Gasteiger partial charge in [-0.25, -0.2) is 4.39 Å². The smallest absolute Gasteiger partial charge is 0.393 e. The Hall–Kier alpha value is -3.21. The Balaban J connectivity index is 1.52. The third-order valence-electron chi connectivity index (χ3n) is 6.21. The lowest BCUT2D eigenvalue weighted by Gasteiger charge is -2.37. The van der Waals surface area contributed by atoms with E-state index >= 15 is 0 Å². The lowest BCUT2D eigenvalue weighted by Crippen LogP contribution is -2.48. The number of amides is 1. The molecule has 2 aliphatic heterocycles. The van der Waals surface area contributed by atoms with Crippen molar-refractivity contribution in [3.63, 3.8) is 0 Å². The largest absolute Gasteiger partial charge is 0.408 e. The molecule has 1 amide bonds. The number of piperidine rings is 1. The van der Waals surface area contributed by atoms with Crippen molar-refractivity contribution in [2.75, 3.05) is 5.32 Å². The molecule has 33 heavy (non-hydrogen) atoms. The lowest BCUT2D eigenvalue weighted by atomic mass is 9.99. The summed E-state index contributed by atoms with van der Waals surface area (Å²) in [5.74, 6) is -0.797. The molecular weight excluding hydrogens is 442 g/mol. The predicted molar refractivity (Wildman–Crippen MR) is 111 cm³/mol. The van der Waals surface area contributed by atoms with Gasteiger partial charge in [-0.1, -0.05) is 6.07 Å². The molecule has 0 radical (unpaired) electrons. The number of hydrogen-bond acceptors (Lipinski definition) is 5. The third-order valence-corrected chi connectivity index (χ3v) is 6.21. The highest BCUT2D eigenvalue weighted by molar-refractivity contribution is 5.99. The Labute approximate surface area is 186 Å². The molecule has 7 nitrogen and oxygen atoms in total. The zero-order valence-electron chi connectivity index (χ0n) is 17.4. The summed E-state index contributed by atoms with van der Waals surface area (Å²) < 4.78 is 53.9. The Morgan fingerprint density at radius 3 is 2.58 bits per heavy atom. The van der Waals surface area contributed by atoms with Crippen LogP contribution in [-0.2, 0) is 6.54 Å². The first-order chi connectivity index (χ1) is 15.7. The zero-order valence-corrected chi connectivity index (χ0v) is 17.4. The number of fused-ring (bicyclic) bond motifs is 3. The summed E-state index contributed by atoms with van der Waals surface area (Å²) in [5, 5.41) is 17.1. The predicted octanol–water partition coefficient (Wildman–Crippen LogP) is 4.00. The maximum atomic E-state index is 13.5. The van der Waals surface area contributed by atoms with E-state index in [9.17, 15) is 27.5 Å². The highest BCUT2D eigenvalue weighted by atomic mass is 19.4. The minimum absolute atomic E-state index is 0.0245. The maximum absolute atomic E-state index is 13.5. The van der Waals surface area contributed by atoms with E-state index < -0.39 is 24.6 Å². The summed E-state index contributed by atoms with van der Waals surface area (Å²) in [4.78, 5) is 19.1. The molecule has 0 aliphatic carbocycles. The van der Waals surface area contributed by atoms with Crippen molar-refractivity contribution >= 4 is 28.3 Å². The van der Waals surface area contributed by atoms with Gasteiger partial charge in [0.25, 0.3) is 5.91 Å². The van der Waals surface area contributed by atoms with Gasteiger partial charge >= 0.3 is 6.18 Å². The Morgan fingerprint density at radius 2 is 1.91 bits per heavy atom. The standard InChI is InChI=1S/C22H21F4N5O2/c23-12-2-1-3-13(6-12)28-20-17-10-27-18(9-19(17)30(29-20)11-22(24,25)26)21(33)31-14-4-5-15(31)8-16(32)7-14/h1-3,6,9-10,14-16,32H,4-5,7-8,11H2,(H,28,29). The minimum atomic E-state index is -4.54. The highest BCUT2D eigenvalue weighted by Gasteiger charge is 2.43. The number of aromatic nitrogens is 3. The molecule has 0 saturated carbocycles. The number of carbonyl (C=O) groups is 1. The van der Waals surface area contributed by atoms with E-state index in [1.54, 1.807) is 11.0 Å². The van der Waals surface area contributed by atoms with Crippen LogP contribution in [0.4, 0.5) is 29.1 Å². The molecule has 5 rings (SSSR count). The van der Waals surface area contributed by atoms with Crippen molar-refractivity contribution < 1.29 is 27.5 Å². The van der Waals surface area contributed by atoms with Crippen molar-refractivity contribution in [2.45, 2.75) is 56.6 Å². The quantitative estimate of drug-likeness (QED) is 0.572. The van der Waals surface area contributed by atoms with Crippen LogP contribution in [0.1, 0.15) is 36.2 Å². The fourth-order valence-electron chi connectivity index (χ4n) is 4.88. The number of nitrogens with zero attached hydrogens (tertiary/aromatic N) is 4. The third kappa shape index (κ3) is 4.24. The number of nitrogens with one attached hydrogen (secondary N) is 1. The van der Waals surface area contributed by atoms with Crippen molar-refractivity contribution in [3.8, 4) is 0 Å². The van der Waals surface area contributed by atoms with Crippen LogP contribution in [0.2, 0.25) is 0 Å². The summed E-state index contributed by atoms with van der Waals surface area (Å²) in [6.07, 6.45) is -1.15. The van der Waals surface area contributed by atoms with Crippen LogP contribution < -0.4 is 5.32 Å². The zero-order chi connectivity index (χ0) is 23.3. The molecule has 2 bridgehead atoms. The monoisotopic (exact) mass is 463 g/mol. The molecule has 4 heterocycles. The number of aliphatic hydroxyl groups excluding tert-OH is 1. The number of benzene rings is 1. The van der Waals surface area contributed by atoms with Gasteiger partial charge in [0.15, 0.2) is 5.82 Å². The number of anilines is 2. The number of rotatable bonds is 4. The molecule has 2 fully saturated rings. The van der Waals surface area contributed by atoms with E-state index in [-0.39, 0.29) is 40.4 Å². The average Bonchev–Trinajstić information content (AvgIpc) is 3.20. The molecule has 2 saturated heterocycles. The highest BCUT2D eigenvalue weighted by Crippen LogP contribution is 2.37. The lowest BCUT2D eigenvalue weighted by molar-refractivity contribution is -0.141. The Morgan fingerprint density at radius 1 is 1.18 bits per heavy atom. The Kier molecular flexibility index (Phi) is 5.23. The van der Waals surface area contributed by atoms with E-state index in [1.165, 1.54) is 30.5 Å². The fourth-order valence-corrected chi connectivity index (χ4v) is 4.88. The fraction of sp³-hybridized carbons (Fsp3) is 0.409. The van der Waals surface area contributed by atoms with E-state index in [4.69, 9.17) is 0 Å². The summed E-state index contributed by atoms with van der Waals surface area (Å²) in [7, 11) is 0. The molecule has 2 unspecified atom stereocenters. The first kappa shape index (κ1) is 21.6. The van der Waals surface area contributed by atoms with Gasteiger partial charge in [-0.3, -0.25) is 14.5 Å². The average molecular weight is 463 g/mol. The van der Waals surface area contributed by atoms with Crippen LogP contribution in [0.15, 0.2) is 36.5 Å². The van der Waals surface area contributed by atoms with Gasteiger partial charge in [-0.05, 0) is 49.9 Å². The van der Waals surface area contributed by atoms with Crippen molar-refractivity contribution in [2.24, 2.45) is 0 Å². The topological polar surface area (TPSA) is 83.3 Å². The number of pyridine rings is 1. The van der Waals surface area contributed by atoms with Crippen LogP contribution in [-0.4, -0.2) is 55.0 Å². The van der Waals surface area contributed by atoms with Gasteiger partial charge in [0.2, 0.25) is 0 Å². The number of carbonyl (C=O) groups excluding carboxylic acids is 1. The van der Waals surface area contributed by atoms with Crippen LogP contribution in [0.25, 0.3) is 10.9 Å². The van der Waals surface area contributed by atoms with Gasteiger partial charge in [-0.2, -0.15) is 18.3 Å². The molecular formula is C22H21F4N5O2. The minimum Gasteiger partial charge on any atom is -0.393 e. The first-order valence-electron chi connectivity index (χ1n) is 10.6. The van der Waals surface area contributed by atoms with E-state index in [0.29, 0.717) is 18.5 Å². The van der Waals surface area contributed by atoms with Gasteiger partial charge in [0.1, 0.15) is 18.1 Å². The second-order valence-electron chi connectivity index (χ2n) is 8.57. The van der Waals surface area contributed by atoms with E-state index in [0.717, 1.165) is 17.5 Å². The molecule has 1 aromatic carbocycles. The number of halogens is 4. The van der Waals surface area contributed by atoms with Gasteiger partial charge in [-0.15, -0.1) is 0 Å². The molecule has 2 aliphatic rings. The summed E-state index contributed by atoms with van der Waals surface area (Å²) in [5.41, 5.74) is 0.433. The summed E-state index contributed by atoms with van der Waals surface area (Å²) in [6, 6.07) is 6.58. The second kappa shape index (κ2) is 7.98. The molecule has 174 valence electrons. The van der Waals surface area contributed by atoms with E-state index in [1.807, 2.05) is 0 Å². The van der Waals surface area contributed by atoms with Gasteiger partial charge < -0.3 is 15.3 Å². The van der Waals surface area contributed by atoms with Crippen LogP contribution in [0.3, 0.4) is 0 Å². The van der Waals surface area contributed by atoms with Gasteiger partial charge in [0.05, 0.1) is 17.0 Å². The van der Waals surface area contributed by atoms with Gasteiger partial charge in [0, 0.05) is 24.0 Å². The SMILES string of the molecule is O=C(c1cc2c(cn1)c(Nc1cccc(F)c1)nn2CC(F)(F)F)N1C2CCC1CC(O)C2. The Bertz CT molecular complexity index is 1200. The van der Waals surface area contributed by atoms with E-state index in [2.05, 4.69) is 15.4 Å². The van der Waals surface area contributed by atoms with Crippen LogP contribution in [0.5, 0.6) is 0 Å². The van der Waals surface area contributed by atoms with Crippen molar-refractivity contribution in [3.05, 3.63) is 48.0 Å². The summed E-state index contributed by atoms with van der Waals surface area (Å²) >= 11 is 0. The van der Waals surface area contributed by atoms with Crippen LogP contribution >= 0.6 is 0 Å². The molecule has 2 aromatic heterocycles. The van der Waals surface area contributed by atoms with Crippen molar-refractivity contribution in [1.29, 1.82) is 0 Å². The number of aliphatic hydroxyl groups is 1. The number of alkyl halides is 3. The first-order valence-corrected chi connectivity index (χ1v) is 10.6. The maximum Gasteiger partial charge on any atom is 0.408 e. The van der Waals surface area contributed by atoms with Crippen LogP contribution in [0, 0.1) is 5.82 Å². The molecule has 3 aromatic rings. The molecule has 2 atom stereocenters. The summed E-state index contributed by atoms with van der Waals surface area (Å²) in [6.45, 7) is -1.35. The molecule has 0 spiro atoms. The van der Waals surface area contributed by atoms with Crippen molar-refractivity contribution in [1.82, 2.24) is 19.7 Å². The second-order valence-corrected chi connectivity index (χ2v) is 8.57. The molecule has 2 N–H and O–H groups in total.